The van der Waals surface area contributed by atoms with E-state index in [1.807, 2.05) is 32.4 Å². The van der Waals surface area contributed by atoms with Crippen LogP contribution in [0.15, 0.2) is 6.20 Å². The lowest BCUT2D eigenvalue weighted by molar-refractivity contribution is 0.0171. The number of likely N-dealkylation sites (N-methyl/N-ethyl adjacent to an activating group) is 1. The number of aromatic nitrogens is 3. The van der Waals surface area contributed by atoms with Crippen molar-refractivity contribution < 1.29 is 9.53 Å². The second-order valence-corrected chi connectivity index (χ2v) is 5.53. The minimum absolute atomic E-state index is 0.121. The van der Waals surface area contributed by atoms with Crippen LogP contribution in [0, 0.1) is 0 Å². The molecule has 1 aromatic rings. The molecule has 0 saturated carbocycles. The average molecular weight is 252 g/mol. The van der Waals surface area contributed by atoms with Crippen molar-refractivity contribution in [3.63, 3.8) is 0 Å². The van der Waals surface area contributed by atoms with E-state index in [1.54, 1.807) is 11.1 Å². The first kappa shape index (κ1) is 12.9. The van der Waals surface area contributed by atoms with Crippen LogP contribution in [0.2, 0.25) is 0 Å². The lowest BCUT2D eigenvalue weighted by Crippen LogP contribution is -2.44. The van der Waals surface area contributed by atoms with Crippen LogP contribution < -0.4 is 0 Å². The molecule has 0 aliphatic carbocycles. The highest BCUT2D eigenvalue weighted by Gasteiger charge is 2.32. The number of hydrogen-bond donors (Lipinski definition) is 0. The Bertz CT molecular complexity index is 415. The third-order valence-electron chi connectivity index (χ3n) is 2.94. The molecular formula is C12H20N4O2. The smallest absolute Gasteiger partial charge is 0.410 e. The molecule has 1 aromatic heterocycles. The van der Waals surface area contributed by atoms with Crippen LogP contribution in [0.5, 0.6) is 0 Å². The first-order valence-electron chi connectivity index (χ1n) is 6.27. The average Bonchev–Trinajstić information content (AvgIpc) is 2.75. The van der Waals surface area contributed by atoms with Gasteiger partial charge in [-0.2, -0.15) is 0 Å². The van der Waals surface area contributed by atoms with E-state index in [1.165, 1.54) is 0 Å². The molecule has 0 fully saturated rings. The van der Waals surface area contributed by atoms with Crippen LogP contribution in [0.3, 0.4) is 0 Å². The molecule has 6 nitrogen and oxygen atoms in total. The third-order valence-corrected chi connectivity index (χ3v) is 2.94. The molecule has 6 heteroatoms. The Morgan fingerprint density at radius 2 is 2.33 bits per heavy atom. The summed E-state index contributed by atoms with van der Waals surface area (Å²) in [5.41, 5.74) is 0.611. The summed E-state index contributed by atoms with van der Waals surface area (Å²) >= 11 is 0. The maximum Gasteiger partial charge on any atom is 0.410 e. The standard InChI is InChI=1S/C12H20N4O2/c1-5-15(11(17)18-12(2,3)4)10-6-9-7-13-14-16(9)8-10/h7,10H,5-6,8H2,1-4H3/t10-/m0/s1. The van der Waals surface area contributed by atoms with Gasteiger partial charge in [0.25, 0.3) is 0 Å². The quantitative estimate of drug-likeness (QED) is 0.799. The largest absolute Gasteiger partial charge is 0.444 e. The number of carbonyl (C=O) groups excluding carboxylic acids is 1. The van der Waals surface area contributed by atoms with Crippen molar-refractivity contribution in [2.24, 2.45) is 0 Å². The van der Waals surface area contributed by atoms with E-state index in [-0.39, 0.29) is 12.1 Å². The van der Waals surface area contributed by atoms with Crippen LogP contribution in [0.1, 0.15) is 33.4 Å². The van der Waals surface area contributed by atoms with Gasteiger partial charge in [-0.05, 0) is 27.7 Å². The molecule has 0 radical (unpaired) electrons. The minimum atomic E-state index is -0.460. The number of ether oxygens (including phenoxy) is 1. The van der Waals surface area contributed by atoms with Gasteiger partial charge in [0.15, 0.2) is 0 Å². The zero-order chi connectivity index (χ0) is 13.3. The van der Waals surface area contributed by atoms with Crippen molar-refractivity contribution in [3.8, 4) is 0 Å². The van der Waals surface area contributed by atoms with Gasteiger partial charge in [-0.25, -0.2) is 9.48 Å². The Morgan fingerprint density at radius 3 is 2.89 bits per heavy atom. The molecule has 0 saturated heterocycles. The van der Waals surface area contributed by atoms with Crippen LogP contribution in [-0.4, -0.2) is 44.2 Å². The third kappa shape index (κ3) is 2.63. The maximum atomic E-state index is 12.1. The van der Waals surface area contributed by atoms with Gasteiger partial charge in [0.2, 0.25) is 0 Å². The Kier molecular flexibility index (Phi) is 3.28. The second-order valence-electron chi connectivity index (χ2n) is 5.53. The highest BCUT2D eigenvalue weighted by atomic mass is 16.6. The minimum Gasteiger partial charge on any atom is -0.444 e. The summed E-state index contributed by atoms with van der Waals surface area (Å²) in [6, 6.07) is 0.121. The summed E-state index contributed by atoms with van der Waals surface area (Å²) in [5, 5.41) is 7.83. The lowest BCUT2D eigenvalue weighted by Gasteiger charge is -2.30. The van der Waals surface area contributed by atoms with Crippen LogP contribution >= 0.6 is 0 Å². The zero-order valence-corrected chi connectivity index (χ0v) is 11.4. The first-order chi connectivity index (χ1) is 8.40. The fourth-order valence-corrected chi connectivity index (χ4v) is 2.16. The number of carbonyl (C=O) groups is 1. The predicted octanol–water partition coefficient (Wildman–Crippen LogP) is 1.46. The van der Waals surface area contributed by atoms with Crippen LogP contribution in [0.4, 0.5) is 4.79 Å². The number of nitrogens with zero attached hydrogens (tertiary/aromatic N) is 4. The molecule has 0 N–H and O–H groups in total. The van der Waals surface area contributed by atoms with Crippen molar-refractivity contribution in [1.82, 2.24) is 19.9 Å². The Morgan fingerprint density at radius 1 is 1.61 bits per heavy atom. The van der Waals surface area contributed by atoms with Gasteiger partial charge in [0, 0.05) is 13.0 Å². The normalized spacial score (nSPS) is 18.6. The van der Waals surface area contributed by atoms with Gasteiger partial charge in [0.1, 0.15) is 5.60 Å². The van der Waals surface area contributed by atoms with Gasteiger partial charge in [-0.3, -0.25) is 0 Å². The molecule has 18 heavy (non-hydrogen) atoms. The van der Waals surface area contributed by atoms with Crippen molar-refractivity contribution in [1.29, 1.82) is 0 Å². The van der Waals surface area contributed by atoms with E-state index in [0.717, 1.165) is 12.1 Å². The van der Waals surface area contributed by atoms with E-state index in [0.29, 0.717) is 13.1 Å². The molecule has 1 amide bonds. The highest BCUT2D eigenvalue weighted by Crippen LogP contribution is 2.20. The highest BCUT2D eigenvalue weighted by molar-refractivity contribution is 5.68. The molecule has 0 spiro atoms. The lowest BCUT2D eigenvalue weighted by atomic mass is 10.2. The van der Waals surface area contributed by atoms with Gasteiger partial charge >= 0.3 is 6.09 Å². The predicted molar refractivity (Wildman–Crippen MR) is 66.1 cm³/mol. The first-order valence-corrected chi connectivity index (χ1v) is 6.27. The van der Waals surface area contributed by atoms with E-state index in [2.05, 4.69) is 10.3 Å². The second kappa shape index (κ2) is 4.59. The van der Waals surface area contributed by atoms with Crippen LogP contribution in [-0.2, 0) is 17.7 Å². The number of hydrogen-bond acceptors (Lipinski definition) is 4. The molecule has 2 heterocycles. The topological polar surface area (TPSA) is 60.3 Å². The summed E-state index contributed by atoms with van der Waals surface area (Å²) in [6.45, 7) is 8.93. The zero-order valence-electron chi connectivity index (χ0n) is 11.4. The molecular weight excluding hydrogens is 232 g/mol. The van der Waals surface area contributed by atoms with Crippen molar-refractivity contribution in [2.75, 3.05) is 6.54 Å². The Labute approximate surface area is 107 Å². The van der Waals surface area contributed by atoms with Gasteiger partial charge < -0.3 is 9.64 Å². The Hall–Kier alpha value is -1.59. The van der Waals surface area contributed by atoms with Gasteiger partial charge in [-0.1, -0.05) is 5.21 Å². The Balaban J connectivity index is 2.02. The molecule has 0 aromatic carbocycles. The number of amides is 1. The van der Waals surface area contributed by atoms with Crippen molar-refractivity contribution in [3.05, 3.63) is 11.9 Å². The van der Waals surface area contributed by atoms with E-state index in [4.69, 9.17) is 4.74 Å². The van der Waals surface area contributed by atoms with E-state index >= 15 is 0 Å². The fourth-order valence-electron chi connectivity index (χ4n) is 2.16. The molecule has 1 aliphatic heterocycles. The van der Waals surface area contributed by atoms with Crippen LogP contribution in [0.25, 0.3) is 0 Å². The molecule has 1 aliphatic rings. The SMILES string of the molecule is CCN(C(=O)OC(C)(C)C)[C@H]1Cc2cnnn2C1. The molecule has 0 unspecified atom stereocenters. The number of rotatable bonds is 2. The summed E-state index contributed by atoms with van der Waals surface area (Å²) in [5.74, 6) is 0. The molecule has 2 rings (SSSR count). The molecule has 1 atom stereocenters. The summed E-state index contributed by atoms with van der Waals surface area (Å²) in [6.07, 6.45) is 2.29. The van der Waals surface area contributed by atoms with Crippen molar-refractivity contribution in [2.45, 2.75) is 52.3 Å². The molecule has 0 bridgehead atoms. The van der Waals surface area contributed by atoms with Gasteiger partial charge in [-0.15, -0.1) is 5.10 Å². The summed E-state index contributed by atoms with van der Waals surface area (Å²) in [4.78, 5) is 13.9. The monoisotopic (exact) mass is 252 g/mol. The summed E-state index contributed by atoms with van der Waals surface area (Å²) in [7, 11) is 0. The van der Waals surface area contributed by atoms with E-state index in [9.17, 15) is 4.79 Å². The fraction of sp³-hybridized carbons (Fsp3) is 0.750. The molecule has 100 valence electrons. The van der Waals surface area contributed by atoms with Crippen molar-refractivity contribution >= 4 is 6.09 Å². The van der Waals surface area contributed by atoms with E-state index < -0.39 is 5.60 Å². The summed E-state index contributed by atoms with van der Waals surface area (Å²) < 4.78 is 7.27. The number of fused-ring (bicyclic) bond motifs is 1. The van der Waals surface area contributed by atoms with Gasteiger partial charge in [0.05, 0.1) is 24.5 Å². The maximum absolute atomic E-state index is 12.1.